The molecule has 5 nitrogen and oxygen atoms in total. The van der Waals surface area contributed by atoms with E-state index < -0.39 is 0 Å². The van der Waals surface area contributed by atoms with Crippen LogP contribution in [0.2, 0.25) is 0 Å². The Morgan fingerprint density at radius 3 is 2.48 bits per heavy atom. The van der Waals surface area contributed by atoms with Crippen LogP contribution in [-0.4, -0.2) is 16.9 Å². The summed E-state index contributed by atoms with van der Waals surface area (Å²) in [5.41, 5.74) is 5.57. The van der Waals surface area contributed by atoms with Crippen LogP contribution in [0.15, 0.2) is 24.3 Å². The molecule has 0 unspecified atom stereocenters. The average molecular weight is 447 g/mol. The van der Waals surface area contributed by atoms with Crippen LogP contribution in [0.4, 0.5) is 0 Å². The molecule has 3 N–H and O–H groups in total. The fourth-order valence-corrected chi connectivity index (χ4v) is 2.73. The molecule has 0 radical (unpaired) electrons. The van der Waals surface area contributed by atoms with Crippen molar-refractivity contribution in [3.63, 3.8) is 0 Å². The number of unbranched alkanes of at least 4 members (excludes halogenated alkanes) is 4. The quantitative estimate of drug-likeness (QED) is 0.260. The van der Waals surface area contributed by atoms with Gasteiger partial charge in [0.15, 0.2) is 5.11 Å². The first kappa shape index (κ1) is 19.8. The van der Waals surface area contributed by atoms with E-state index in [2.05, 4.69) is 45.7 Å². The summed E-state index contributed by atoms with van der Waals surface area (Å²) in [7, 11) is 0. The molecule has 1 rings (SSSR count). The Balaban J connectivity index is 2.25. The number of hydrogen-bond acceptors (Lipinski definition) is 3. The third kappa shape index (κ3) is 8.26. The molecule has 0 aliphatic carbocycles. The molecule has 1 aromatic carbocycles. The average Bonchev–Trinajstić information content (AvgIpc) is 2.53. The Morgan fingerprint density at radius 1 is 1.09 bits per heavy atom. The smallest absolute Gasteiger partial charge is 0.270 e. The molecule has 0 aliphatic heterocycles. The zero-order valence-corrected chi connectivity index (χ0v) is 16.1. The van der Waals surface area contributed by atoms with Crippen molar-refractivity contribution in [1.29, 1.82) is 0 Å². The zero-order valence-electron chi connectivity index (χ0n) is 13.2. The molecule has 0 saturated carbocycles. The van der Waals surface area contributed by atoms with Gasteiger partial charge in [-0.2, -0.15) is 0 Å². The van der Waals surface area contributed by atoms with Crippen molar-refractivity contribution in [2.75, 3.05) is 0 Å². The molecular weight excluding hydrogens is 425 g/mol. The number of hydrazine groups is 1. The topological polar surface area (TPSA) is 70.2 Å². The molecule has 0 fully saturated rings. The summed E-state index contributed by atoms with van der Waals surface area (Å²) in [4.78, 5) is 23.7. The van der Waals surface area contributed by atoms with Crippen LogP contribution < -0.4 is 16.2 Å². The first-order chi connectivity index (χ1) is 11.0. The van der Waals surface area contributed by atoms with Crippen molar-refractivity contribution in [2.24, 2.45) is 0 Å². The number of carbonyl (C=O) groups is 2. The van der Waals surface area contributed by atoms with Gasteiger partial charge in [0.2, 0.25) is 5.91 Å². The number of amides is 2. The highest BCUT2D eigenvalue weighted by Gasteiger charge is 2.10. The number of halogens is 1. The number of benzene rings is 1. The molecule has 1 aromatic rings. The molecule has 0 saturated heterocycles. The Morgan fingerprint density at radius 2 is 1.78 bits per heavy atom. The van der Waals surface area contributed by atoms with Gasteiger partial charge in [0, 0.05) is 9.99 Å². The summed E-state index contributed by atoms with van der Waals surface area (Å²) in [5.74, 6) is -0.436. The van der Waals surface area contributed by atoms with Gasteiger partial charge in [-0.3, -0.25) is 20.4 Å². The molecule has 2 amide bonds. The van der Waals surface area contributed by atoms with E-state index in [1.165, 1.54) is 12.8 Å². The SMILES string of the molecule is CCCCCCCC(=O)NC(=S)NNC(=O)c1ccccc1I. The molecule has 23 heavy (non-hydrogen) atoms. The molecule has 0 spiro atoms. The third-order valence-corrected chi connectivity index (χ3v) is 4.31. The Hall–Kier alpha value is -1.22. The third-order valence-electron chi connectivity index (χ3n) is 3.17. The van der Waals surface area contributed by atoms with Crippen molar-refractivity contribution >= 4 is 51.7 Å². The lowest BCUT2D eigenvalue weighted by Crippen LogP contribution is -2.48. The Labute approximate surface area is 156 Å². The molecule has 0 aliphatic rings. The van der Waals surface area contributed by atoms with Gasteiger partial charge in [-0.25, -0.2) is 0 Å². The van der Waals surface area contributed by atoms with E-state index in [0.29, 0.717) is 12.0 Å². The molecule has 0 heterocycles. The Kier molecular flexibility index (Phi) is 9.77. The van der Waals surface area contributed by atoms with E-state index >= 15 is 0 Å². The maximum absolute atomic E-state index is 12.0. The second kappa shape index (κ2) is 11.3. The molecule has 126 valence electrons. The normalized spacial score (nSPS) is 10.0. The van der Waals surface area contributed by atoms with Crippen LogP contribution >= 0.6 is 34.8 Å². The lowest BCUT2D eigenvalue weighted by Gasteiger charge is -2.11. The van der Waals surface area contributed by atoms with Crippen molar-refractivity contribution in [1.82, 2.24) is 16.2 Å². The van der Waals surface area contributed by atoms with Crippen LogP contribution in [0.3, 0.4) is 0 Å². The number of carbonyl (C=O) groups excluding carboxylic acids is 2. The minimum absolute atomic E-state index is 0.0999. The number of thiocarbonyl (C=S) groups is 1. The number of nitrogens with one attached hydrogen (secondary N) is 3. The van der Waals surface area contributed by atoms with Crippen LogP contribution in [0.5, 0.6) is 0 Å². The lowest BCUT2D eigenvalue weighted by molar-refractivity contribution is -0.119. The zero-order chi connectivity index (χ0) is 17.1. The fraction of sp³-hybridized carbons (Fsp3) is 0.438. The second-order valence-electron chi connectivity index (χ2n) is 5.10. The van der Waals surface area contributed by atoms with Gasteiger partial charge in [0.1, 0.15) is 0 Å². The van der Waals surface area contributed by atoms with Gasteiger partial charge in [-0.1, -0.05) is 44.7 Å². The van der Waals surface area contributed by atoms with E-state index in [1.54, 1.807) is 12.1 Å². The lowest BCUT2D eigenvalue weighted by atomic mass is 10.1. The summed E-state index contributed by atoms with van der Waals surface area (Å²) in [6.07, 6.45) is 5.87. The van der Waals surface area contributed by atoms with E-state index in [-0.39, 0.29) is 16.9 Å². The molecule has 7 heteroatoms. The monoisotopic (exact) mass is 447 g/mol. The first-order valence-corrected chi connectivity index (χ1v) is 9.18. The maximum Gasteiger partial charge on any atom is 0.270 e. The Bertz CT molecular complexity index is 552. The fourth-order valence-electron chi connectivity index (χ4n) is 1.94. The number of hydrogen-bond donors (Lipinski definition) is 3. The highest BCUT2D eigenvalue weighted by Crippen LogP contribution is 2.10. The van der Waals surface area contributed by atoms with Crippen molar-refractivity contribution in [2.45, 2.75) is 45.4 Å². The van der Waals surface area contributed by atoms with Crippen molar-refractivity contribution in [3.8, 4) is 0 Å². The van der Waals surface area contributed by atoms with Crippen LogP contribution in [0, 0.1) is 3.57 Å². The molecule has 0 aromatic heterocycles. The summed E-state index contributed by atoms with van der Waals surface area (Å²) < 4.78 is 0.839. The van der Waals surface area contributed by atoms with Gasteiger partial charge >= 0.3 is 0 Å². The molecule has 0 bridgehead atoms. The minimum atomic E-state index is -0.300. The van der Waals surface area contributed by atoms with E-state index in [0.717, 1.165) is 22.8 Å². The standard InChI is InChI=1S/C16H22IN3O2S/c1-2-3-4-5-6-11-14(21)18-16(23)20-19-15(22)12-9-7-8-10-13(12)17/h7-10H,2-6,11H2,1H3,(H,19,22)(H2,18,20,21,23). The van der Waals surface area contributed by atoms with Gasteiger partial charge in [0.05, 0.1) is 5.56 Å². The summed E-state index contributed by atoms with van der Waals surface area (Å²) in [5, 5.41) is 2.66. The van der Waals surface area contributed by atoms with E-state index in [9.17, 15) is 9.59 Å². The van der Waals surface area contributed by atoms with Crippen molar-refractivity contribution in [3.05, 3.63) is 33.4 Å². The molecular formula is C16H22IN3O2S. The first-order valence-electron chi connectivity index (χ1n) is 7.69. The number of rotatable bonds is 7. The van der Waals surface area contributed by atoms with E-state index in [4.69, 9.17) is 12.2 Å². The van der Waals surface area contributed by atoms with Gasteiger partial charge in [-0.05, 0) is 53.4 Å². The summed E-state index contributed by atoms with van der Waals surface area (Å²) >= 11 is 7.08. The van der Waals surface area contributed by atoms with Crippen LogP contribution in [-0.2, 0) is 4.79 Å². The van der Waals surface area contributed by atoms with Crippen LogP contribution in [0.25, 0.3) is 0 Å². The van der Waals surface area contributed by atoms with Crippen LogP contribution in [0.1, 0.15) is 55.8 Å². The van der Waals surface area contributed by atoms with Gasteiger partial charge in [0.25, 0.3) is 5.91 Å². The van der Waals surface area contributed by atoms with Gasteiger partial charge < -0.3 is 5.32 Å². The van der Waals surface area contributed by atoms with E-state index in [1.807, 2.05) is 12.1 Å². The highest BCUT2D eigenvalue weighted by atomic mass is 127. The second-order valence-corrected chi connectivity index (χ2v) is 6.67. The molecule has 0 atom stereocenters. The maximum atomic E-state index is 12.0. The summed E-state index contributed by atoms with van der Waals surface area (Å²) in [6, 6.07) is 7.21. The van der Waals surface area contributed by atoms with Gasteiger partial charge in [-0.15, -0.1) is 0 Å². The predicted octanol–water partition coefficient (Wildman–Crippen LogP) is 3.29. The minimum Gasteiger partial charge on any atom is -0.302 e. The predicted molar refractivity (Wildman–Crippen MR) is 104 cm³/mol. The summed E-state index contributed by atoms with van der Waals surface area (Å²) in [6.45, 7) is 2.15. The highest BCUT2D eigenvalue weighted by molar-refractivity contribution is 14.1. The van der Waals surface area contributed by atoms with Crippen molar-refractivity contribution < 1.29 is 9.59 Å². The largest absolute Gasteiger partial charge is 0.302 e.